The topological polar surface area (TPSA) is 85.3 Å². The number of methoxy groups -OCH3 is 2. The van der Waals surface area contributed by atoms with Crippen LogP contribution in [-0.2, 0) is 21.1 Å². The summed E-state index contributed by atoms with van der Waals surface area (Å²) in [5.74, 6) is 0.972. The molecule has 1 amide bonds. The molecule has 0 aromatic heterocycles. The summed E-state index contributed by atoms with van der Waals surface area (Å²) in [5.41, 5.74) is 2.68. The number of amides is 1. The molecule has 2 aromatic carbocycles. The summed E-state index contributed by atoms with van der Waals surface area (Å²) in [6, 6.07) is 12.8. The minimum Gasteiger partial charge on any atom is -0.497 e. The number of amidine groups is 1. The monoisotopic (exact) mass is 460 g/mol. The molecule has 2 atom stereocenters. The van der Waals surface area contributed by atoms with Crippen molar-refractivity contribution in [3.8, 4) is 11.5 Å². The van der Waals surface area contributed by atoms with Crippen molar-refractivity contribution in [3.05, 3.63) is 53.6 Å². The van der Waals surface area contributed by atoms with Gasteiger partial charge in [-0.3, -0.25) is 4.79 Å². The van der Waals surface area contributed by atoms with Gasteiger partial charge in [0, 0.05) is 11.3 Å². The molecule has 7 nitrogen and oxygen atoms in total. The van der Waals surface area contributed by atoms with Gasteiger partial charge in [-0.1, -0.05) is 41.6 Å². The van der Waals surface area contributed by atoms with Crippen LogP contribution in [0.1, 0.15) is 11.1 Å². The van der Waals surface area contributed by atoms with Crippen molar-refractivity contribution in [2.45, 2.75) is 24.6 Å². The van der Waals surface area contributed by atoms with Crippen molar-refractivity contribution >= 4 is 38.4 Å². The molecule has 0 saturated carbocycles. The molecule has 0 radical (unpaired) electrons. The number of hydrogen-bond donors (Lipinski definition) is 0. The molecule has 0 bridgehead atoms. The highest BCUT2D eigenvalue weighted by molar-refractivity contribution is 8.16. The fourth-order valence-electron chi connectivity index (χ4n) is 3.86. The lowest BCUT2D eigenvalue weighted by Gasteiger charge is -2.26. The number of thioether (sulfide) groups is 1. The van der Waals surface area contributed by atoms with Gasteiger partial charge >= 0.3 is 0 Å². The minimum absolute atomic E-state index is 0.0189. The molecule has 0 N–H and O–H groups in total. The van der Waals surface area contributed by atoms with Crippen LogP contribution in [0.3, 0.4) is 0 Å². The second-order valence-corrected chi connectivity index (χ2v) is 11.0. The van der Waals surface area contributed by atoms with Crippen LogP contribution in [0.2, 0.25) is 0 Å². The lowest BCUT2D eigenvalue weighted by Crippen LogP contribution is -2.38. The highest BCUT2D eigenvalue weighted by atomic mass is 32.2. The van der Waals surface area contributed by atoms with Crippen LogP contribution in [-0.4, -0.2) is 56.5 Å². The van der Waals surface area contributed by atoms with Gasteiger partial charge in [-0.2, -0.15) is 4.99 Å². The predicted molar refractivity (Wildman–Crippen MR) is 123 cm³/mol. The number of nitrogens with zero attached hydrogens (tertiary/aromatic N) is 2. The van der Waals surface area contributed by atoms with Gasteiger partial charge in [0.1, 0.15) is 11.5 Å². The summed E-state index contributed by atoms with van der Waals surface area (Å²) in [6.45, 7) is 1.99. The Labute approximate surface area is 186 Å². The quantitative estimate of drug-likeness (QED) is 0.678. The Morgan fingerprint density at radius 2 is 1.87 bits per heavy atom. The van der Waals surface area contributed by atoms with E-state index in [1.165, 1.54) is 11.8 Å². The van der Waals surface area contributed by atoms with Gasteiger partial charge in [0.25, 0.3) is 5.91 Å². The van der Waals surface area contributed by atoms with Gasteiger partial charge in [0.15, 0.2) is 15.0 Å². The Morgan fingerprint density at radius 1 is 1.13 bits per heavy atom. The number of carbonyl (C=O) groups excluding carboxylic acids is 1. The van der Waals surface area contributed by atoms with E-state index in [1.807, 2.05) is 42.2 Å². The number of hydrogen-bond acceptors (Lipinski definition) is 6. The average Bonchev–Trinajstić information content (AvgIpc) is 3.19. The van der Waals surface area contributed by atoms with Crippen LogP contribution in [0.4, 0.5) is 5.69 Å². The van der Waals surface area contributed by atoms with Crippen LogP contribution >= 0.6 is 11.8 Å². The van der Waals surface area contributed by atoms with Crippen molar-refractivity contribution in [3.63, 3.8) is 0 Å². The zero-order valence-corrected chi connectivity index (χ0v) is 19.2. The van der Waals surface area contributed by atoms with Crippen LogP contribution in [0.5, 0.6) is 11.5 Å². The third kappa shape index (κ3) is 4.57. The largest absolute Gasteiger partial charge is 0.497 e. The summed E-state index contributed by atoms with van der Waals surface area (Å²) >= 11 is 1.35. The van der Waals surface area contributed by atoms with Crippen LogP contribution in [0, 0.1) is 6.92 Å². The lowest BCUT2D eigenvalue weighted by molar-refractivity contribution is -0.117. The second-order valence-electron chi connectivity index (χ2n) is 7.66. The molecule has 2 aromatic rings. The summed E-state index contributed by atoms with van der Waals surface area (Å²) in [4.78, 5) is 19.0. The highest BCUT2D eigenvalue weighted by Crippen LogP contribution is 2.44. The number of sulfone groups is 1. The molecule has 2 aliphatic rings. The van der Waals surface area contributed by atoms with E-state index >= 15 is 0 Å². The Balaban J connectivity index is 1.69. The molecule has 2 saturated heterocycles. The zero-order valence-electron chi connectivity index (χ0n) is 17.6. The molecule has 2 heterocycles. The highest BCUT2D eigenvalue weighted by Gasteiger charge is 2.50. The summed E-state index contributed by atoms with van der Waals surface area (Å²) in [7, 11) is -0.0401. The number of fused-ring (bicyclic) bond motifs is 1. The maximum Gasteiger partial charge on any atom is 0.252 e. The van der Waals surface area contributed by atoms with E-state index < -0.39 is 9.84 Å². The van der Waals surface area contributed by atoms with E-state index in [1.54, 1.807) is 26.4 Å². The molecule has 4 rings (SSSR count). The molecule has 2 aliphatic heterocycles. The lowest BCUT2D eigenvalue weighted by atomic mass is 10.1. The number of rotatable bonds is 5. The van der Waals surface area contributed by atoms with Gasteiger partial charge in [0.2, 0.25) is 0 Å². The normalized spacial score (nSPS) is 23.1. The number of aliphatic imine (C=N–C) groups is 1. The van der Waals surface area contributed by atoms with Crippen molar-refractivity contribution in [1.29, 1.82) is 0 Å². The third-order valence-electron chi connectivity index (χ3n) is 5.41. The number of carbonyl (C=O) groups is 1. The first kappa shape index (κ1) is 21.7. The molecular weight excluding hydrogens is 436 g/mol. The Bertz CT molecular complexity index is 1130. The number of anilines is 1. The standard InChI is InChI=1S/C22H24N2O5S2/c1-14-4-6-15(7-5-14)10-21(25)23-22-24(18-12-31(26,27)13-20(18)30-22)17-9-8-16(28-2)11-19(17)29-3/h4-9,11,18,20H,10,12-13H2,1-3H3/t18-,20-/m1/s1. The van der Waals surface area contributed by atoms with Gasteiger partial charge in [-0.15, -0.1) is 0 Å². The van der Waals surface area contributed by atoms with E-state index in [-0.39, 0.29) is 35.1 Å². The van der Waals surface area contributed by atoms with Gasteiger partial charge in [-0.05, 0) is 24.6 Å². The molecule has 9 heteroatoms. The van der Waals surface area contributed by atoms with E-state index in [4.69, 9.17) is 9.47 Å². The van der Waals surface area contributed by atoms with Crippen molar-refractivity contribution < 1.29 is 22.7 Å². The molecule has 0 unspecified atom stereocenters. The fraction of sp³-hybridized carbons (Fsp3) is 0.364. The first-order chi connectivity index (χ1) is 14.8. The van der Waals surface area contributed by atoms with Gasteiger partial charge in [0.05, 0.1) is 43.9 Å². The van der Waals surface area contributed by atoms with Crippen LogP contribution in [0.15, 0.2) is 47.5 Å². The minimum atomic E-state index is -3.15. The maximum absolute atomic E-state index is 12.7. The third-order valence-corrected chi connectivity index (χ3v) is 8.62. The first-order valence-electron chi connectivity index (χ1n) is 9.85. The zero-order chi connectivity index (χ0) is 22.2. The fourth-order valence-corrected chi connectivity index (χ4v) is 7.78. The average molecular weight is 461 g/mol. The van der Waals surface area contributed by atoms with E-state index in [0.29, 0.717) is 22.4 Å². The molecule has 2 fully saturated rings. The molecule has 164 valence electrons. The summed E-state index contributed by atoms with van der Waals surface area (Å²) in [6.07, 6.45) is 0.186. The smallest absolute Gasteiger partial charge is 0.252 e. The van der Waals surface area contributed by atoms with E-state index in [9.17, 15) is 13.2 Å². The van der Waals surface area contributed by atoms with Crippen molar-refractivity contribution in [2.24, 2.45) is 4.99 Å². The van der Waals surface area contributed by atoms with Crippen LogP contribution in [0.25, 0.3) is 0 Å². The summed E-state index contributed by atoms with van der Waals surface area (Å²) in [5, 5.41) is 0.327. The number of aryl methyl sites for hydroxylation is 1. The van der Waals surface area contributed by atoms with Crippen molar-refractivity contribution in [2.75, 3.05) is 30.6 Å². The number of ether oxygens (including phenoxy) is 2. The maximum atomic E-state index is 12.7. The Morgan fingerprint density at radius 3 is 2.55 bits per heavy atom. The second kappa shape index (κ2) is 8.55. The number of benzene rings is 2. The van der Waals surface area contributed by atoms with Crippen LogP contribution < -0.4 is 14.4 Å². The van der Waals surface area contributed by atoms with Crippen molar-refractivity contribution in [1.82, 2.24) is 0 Å². The SMILES string of the molecule is COc1ccc(N2C(=NC(=O)Cc3ccc(C)cc3)S[C@@H]3CS(=O)(=O)C[C@H]32)c(OC)c1. The molecular formula is C22H24N2O5S2. The molecule has 0 aliphatic carbocycles. The van der Waals surface area contributed by atoms with E-state index in [0.717, 1.165) is 11.1 Å². The predicted octanol–water partition coefficient (Wildman–Crippen LogP) is 2.86. The first-order valence-corrected chi connectivity index (χ1v) is 12.5. The Kier molecular flexibility index (Phi) is 5.98. The Hall–Kier alpha value is -2.52. The molecule has 31 heavy (non-hydrogen) atoms. The van der Waals surface area contributed by atoms with Gasteiger partial charge < -0.3 is 14.4 Å². The summed E-state index contributed by atoms with van der Waals surface area (Å²) < 4.78 is 35.4. The molecule has 0 spiro atoms. The van der Waals surface area contributed by atoms with Gasteiger partial charge in [-0.25, -0.2) is 8.42 Å². The van der Waals surface area contributed by atoms with E-state index in [2.05, 4.69) is 4.99 Å².